The van der Waals surface area contributed by atoms with E-state index in [4.69, 9.17) is 4.74 Å². The van der Waals surface area contributed by atoms with Gasteiger partial charge in [-0.1, -0.05) is 136 Å². The Bertz CT molecular complexity index is 2430. The lowest BCUT2D eigenvalue weighted by atomic mass is 9.93. The van der Waals surface area contributed by atoms with Crippen molar-refractivity contribution in [1.29, 1.82) is 0 Å². The van der Waals surface area contributed by atoms with Crippen molar-refractivity contribution in [2.24, 2.45) is 29.6 Å². The molecule has 79 heavy (non-hydrogen) atoms. The molecule has 4 N–H and O–H groups in total. The first kappa shape index (κ1) is 65.2. The molecule has 4 rings (SSSR count). The predicted molar refractivity (Wildman–Crippen MR) is 301 cm³/mol. The van der Waals surface area contributed by atoms with Crippen LogP contribution in [-0.4, -0.2) is 178 Å². The molecule has 19 nitrogen and oxygen atoms in total. The highest BCUT2D eigenvalue weighted by atomic mass is 16.6. The Labute approximate surface area is 469 Å². The Hall–Kier alpha value is -6.37. The van der Waals surface area contributed by atoms with E-state index in [1.54, 1.807) is 72.7 Å². The minimum Gasteiger partial charge on any atom is -0.450 e. The molecule has 0 spiro atoms. The van der Waals surface area contributed by atoms with E-state index in [-0.39, 0.29) is 38.1 Å². The van der Waals surface area contributed by atoms with Crippen LogP contribution in [0.2, 0.25) is 0 Å². The number of esters is 1. The lowest BCUT2D eigenvalue weighted by molar-refractivity contribution is -0.177. The third kappa shape index (κ3) is 16.4. The number of ether oxygens (including phenoxy) is 1. The van der Waals surface area contributed by atoms with Crippen LogP contribution in [-0.2, 0) is 60.7 Å². The van der Waals surface area contributed by atoms with Gasteiger partial charge in [0, 0.05) is 53.5 Å². The van der Waals surface area contributed by atoms with Crippen LogP contribution in [0.25, 0.3) is 0 Å². The summed E-state index contributed by atoms with van der Waals surface area (Å²) in [5.74, 6) is -8.65. The molecule has 0 radical (unpaired) electrons. The number of fused-ring (bicyclic) bond motifs is 1. The molecule has 1 unspecified atom stereocenters. The monoisotopic (exact) mass is 1100 g/mol. The molecule has 2 aromatic carbocycles. The van der Waals surface area contributed by atoms with Gasteiger partial charge in [0.2, 0.25) is 41.4 Å². The van der Waals surface area contributed by atoms with Crippen molar-refractivity contribution < 1.29 is 53.0 Å². The molecule has 11 atom stereocenters. The van der Waals surface area contributed by atoms with Gasteiger partial charge in [0.05, 0.1) is 5.60 Å². The predicted octanol–water partition coefficient (Wildman–Crippen LogP) is 4.37. The van der Waals surface area contributed by atoms with Crippen molar-refractivity contribution in [3.8, 4) is 0 Å². The molecule has 2 aromatic rings. The number of carbonyl (C=O) groups is 9. The van der Waals surface area contributed by atoms with Gasteiger partial charge in [-0.3, -0.25) is 38.4 Å². The molecule has 2 fully saturated rings. The molecule has 0 aliphatic carbocycles. The average molecular weight is 1100 g/mol. The van der Waals surface area contributed by atoms with Crippen LogP contribution >= 0.6 is 0 Å². The number of nitrogens with one attached hydrogen (secondary N) is 3. The van der Waals surface area contributed by atoms with E-state index in [2.05, 4.69) is 16.0 Å². The third-order valence-electron chi connectivity index (χ3n) is 15.8. The molecule has 438 valence electrons. The van der Waals surface area contributed by atoms with Crippen LogP contribution in [0.15, 0.2) is 60.7 Å². The van der Waals surface area contributed by atoms with E-state index in [0.29, 0.717) is 24.8 Å². The van der Waals surface area contributed by atoms with Crippen molar-refractivity contribution >= 4 is 53.2 Å². The zero-order valence-corrected chi connectivity index (χ0v) is 49.8. The Balaban J connectivity index is 1.98. The summed E-state index contributed by atoms with van der Waals surface area (Å²) in [4.78, 5) is 140. The van der Waals surface area contributed by atoms with Gasteiger partial charge in [0.1, 0.15) is 42.3 Å². The van der Waals surface area contributed by atoms with Crippen molar-refractivity contribution in [3.05, 3.63) is 71.8 Å². The summed E-state index contributed by atoms with van der Waals surface area (Å²) in [6.45, 7) is 20.6. The molecule has 0 saturated carbocycles. The minimum absolute atomic E-state index is 0.00676. The number of cyclic esters (lactones) is 1. The SMILES string of the molecule is CC[C@@H](C)[C@H]1NC(=O)C2CCCN2C(=O)[C@H](Cc2ccccc2)N(C)C(=O)[C@H](Cc2ccccc2)NC(=O)[C@H](C(C)C)N(C)C(=O)[C@@H]([C@H](C)CC)OC(=O)[C@@H](C(C)(C)O)N(C)C(=O)[C@H](CC(C)C)NC(=O)[C@H](C(C)C)N(C)C1=O. The maximum atomic E-state index is 15.3. The van der Waals surface area contributed by atoms with Gasteiger partial charge in [-0.25, -0.2) is 4.79 Å². The fourth-order valence-corrected chi connectivity index (χ4v) is 11.0. The highest BCUT2D eigenvalue weighted by Gasteiger charge is 2.48. The second kappa shape index (κ2) is 28.7. The van der Waals surface area contributed by atoms with Gasteiger partial charge < -0.3 is 50.3 Å². The maximum Gasteiger partial charge on any atom is 0.332 e. The van der Waals surface area contributed by atoms with Crippen molar-refractivity contribution in [2.75, 3.05) is 34.7 Å². The Morgan fingerprint density at radius 2 is 1.06 bits per heavy atom. The van der Waals surface area contributed by atoms with Crippen LogP contribution in [0.4, 0.5) is 0 Å². The summed E-state index contributed by atoms with van der Waals surface area (Å²) in [6.07, 6.45) is 0.101. The minimum atomic E-state index is -1.97. The number of carbonyl (C=O) groups excluding carboxylic acids is 9. The summed E-state index contributed by atoms with van der Waals surface area (Å²) in [7, 11) is 5.67. The first-order valence-electron chi connectivity index (χ1n) is 28.3. The molecular weight excluding hydrogens is 1010 g/mol. The molecule has 2 aliphatic rings. The van der Waals surface area contributed by atoms with Crippen LogP contribution in [0.5, 0.6) is 0 Å². The lowest BCUT2D eigenvalue weighted by Crippen LogP contribution is -2.63. The first-order valence-corrected chi connectivity index (χ1v) is 28.3. The second-order valence-electron chi connectivity index (χ2n) is 23.7. The molecule has 19 heteroatoms. The third-order valence-corrected chi connectivity index (χ3v) is 15.8. The number of aliphatic hydroxyl groups is 1. The first-order chi connectivity index (χ1) is 37.0. The van der Waals surface area contributed by atoms with Gasteiger partial charge in [0.25, 0.3) is 5.91 Å². The average Bonchev–Trinajstić information content (AvgIpc) is 3.89. The van der Waals surface area contributed by atoms with E-state index in [0.717, 1.165) is 10.5 Å². The zero-order valence-electron chi connectivity index (χ0n) is 49.8. The molecule has 8 amide bonds. The molecule has 2 saturated heterocycles. The van der Waals surface area contributed by atoms with E-state index in [1.807, 2.05) is 57.2 Å². The number of nitrogens with zero attached hydrogens (tertiary/aromatic N) is 5. The fourth-order valence-electron chi connectivity index (χ4n) is 11.0. The van der Waals surface area contributed by atoms with E-state index in [9.17, 15) is 38.7 Å². The lowest BCUT2D eigenvalue weighted by Gasteiger charge is -2.39. The summed E-state index contributed by atoms with van der Waals surface area (Å²) in [5, 5.41) is 20.5. The van der Waals surface area contributed by atoms with E-state index < -0.39 is 137 Å². The molecular formula is C60H92N8O11. The number of hydrogen-bond acceptors (Lipinski definition) is 11. The standard InChI is InChI=1S/C60H92N8O11/c1-17-38(9)46-57(75)65(14)47(36(5)6)52(70)61-42(32-35(3)4)55(73)67(16)50(60(11,12)78)59(77)79-49(39(10)18-2)58(76)66(15)48(37(7)8)53(71)62-43(33-40-26-21-19-22-27-40)54(72)64(13)45(34-41-28-23-20-24-29-41)56(74)68-31-25-30-44(68)51(69)63-46/h19-24,26-29,35-39,42-50,78H,17-18,25,30-34H2,1-16H3,(H,61,70)(H,62,71)(H,63,69)/t38-,39-,42+,43+,44?,45+,46-,47+,48+,49-,50+/m1/s1. The van der Waals surface area contributed by atoms with Crippen LogP contribution < -0.4 is 16.0 Å². The Morgan fingerprint density at radius 1 is 0.582 bits per heavy atom. The number of rotatable bonds is 13. The number of benzene rings is 2. The van der Waals surface area contributed by atoms with Gasteiger partial charge in [-0.2, -0.15) is 0 Å². The Morgan fingerprint density at radius 3 is 1.54 bits per heavy atom. The smallest absolute Gasteiger partial charge is 0.332 e. The van der Waals surface area contributed by atoms with Gasteiger partial charge in [0.15, 0.2) is 12.1 Å². The second-order valence-corrected chi connectivity index (χ2v) is 23.7. The Kier molecular flexibility index (Phi) is 23.6. The summed E-state index contributed by atoms with van der Waals surface area (Å²) in [5.41, 5.74) is -0.551. The number of hydrogen-bond donors (Lipinski definition) is 4. The highest BCUT2D eigenvalue weighted by Crippen LogP contribution is 2.27. The number of amides is 8. The normalized spacial score (nSPS) is 26.5. The largest absolute Gasteiger partial charge is 0.450 e. The van der Waals surface area contributed by atoms with Crippen LogP contribution in [0.3, 0.4) is 0 Å². The van der Waals surface area contributed by atoms with Gasteiger partial charge in [-0.05, 0) is 74.3 Å². The van der Waals surface area contributed by atoms with Crippen molar-refractivity contribution in [3.63, 3.8) is 0 Å². The van der Waals surface area contributed by atoms with E-state index in [1.165, 1.54) is 61.6 Å². The fraction of sp³-hybridized carbons (Fsp3) is 0.650. The quantitative estimate of drug-likeness (QED) is 0.206. The van der Waals surface area contributed by atoms with Crippen molar-refractivity contribution in [2.45, 2.75) is 188 Å². The van der Waals surface area contributed by atoms with E-state index >= 15 is 9.59 Å². The zero-order chi connectivity index (χ0) is 59.4. The summed E-state index contributed by atoms with van der Waals surface area (Å²) in [6, 6.07) is 8.11. The topological polar surface area (TPSA) is 235 Å². The van der Waals surface area contributed by atoms with Crippen LogP contribution in [0.1, 0.15) is 126 Å². The molecule has 0 aromatic heterocycles. The van der Waals surface area contributed by atoms with Crippen LogP contribution in [0, 0.1) is 29.6 Å². The molecule has 2 heterocycles. The highest BCUT2D eigenvalue weighted by molar-refractivity contribution is 5.99. The molecule has 2 aliphatic heterocycles. The summed E-state index contributed by atoms with van der Waals surface area (Å²) < 4.78 is 6.09. The van der Waals surface area contributed by atoms with Crippen molar-refractivity contribution in [1.82, 2.24) is 40.4 Å². The number of likely N-dealkylation sites (N-methyl/N-ethyl adjacent to an activating group) is 4. The van der Waals surface area contributed by atoms with Gasteiger partial charge in [-0.15, -0.1) is 0 Å². The molecule has 0 bridgehead atoms. The maximum absolute atomic E-state index is 15.3. The van der Waals surface area contributed by atoms with Gasteiger partial charge >= 0.3 is 5.97 Å². The summed E-state index contributed by atoms with van der Waals surface area (Å²) >= 11 is 0.